The number of allylic oxidation sites excluding steroid dienone is 1. The summed E-state index contributed by atoms with van der Waals surface area (Å²) in [5.74, 6) is 3.22. The third-order valence-electron chi connectivity index (χ3n) is 12.1. The van der Waals surface area contributed by atoms with Gasteiger partial charge in [0.05, 0.1) is 24.9 Å². The lowest BCUT2D eigenvalue weighted by Gasteiger charge is -2.59. The number of fused-ring (bicyclic) bond motifs is 5. The number of hydrogen-bond acceptors (Lipinski definition) is 7. The van der Waals surface area contributed by atoms with E-state index in [-0.39, 0.29) is 24.7 Å². The van der Waals surface area contributed by atoms with E-state index in [1.54, 1.807) is 0 Å². The zero-order valence-corrected chi connectivity index (χ0v) is 24.6. The van der Waals surface area contributed by atoms with Gasteiger partial charge in [-0.25, -0.2) is 0 Å². The molecule has 5 aliphatic rings. The first-order valence-corrected chi connectivity index (χ1v) is 15.7. The van der Waals surface area contributed by atoms with Crippen LogP contribution in [-0.4, -0.2) is 75.1 Å². The maximum Gasteiger partial charge on any atom is 0.186 e. The van der Waals surface area contributed by atoms with Crippen molar-refractivity contribution in [2.75, 3.05) is 13.2 Å². The van der Waals surface area contributed by atoms with Crippen LogP contribution in [0.1, 0.15) is 98.3 Å². The molecule has 7 unspecified atom stereocenters. The van der Waals surface area contributed by atoms with Crippen LogP contribution in [0.5, 0.6) is 0 Å². The lowest BCUT2D eigenvalue weighted by atomic mass is 9.46. The fraction of sp³-hybridized carbons (Fsp3) is 0.938. The van der Waals surface area contributed by atoms with E-state index in [2.05, 4.69) is 19.9 Å². The van der Waals surface area contributed by atoms with E-state index in [0.29, 0.717) is 29.1 Å². The summed E-state index contributed by atoms with van der Waals surface area (Å²) in [7, 11) is 0. The Hall–Kier alpha value is -0.540. The van der Waals surface area contributed by atoms with Crippen LogP contribution < -0.4 is 0 Å². The normalized spacial score (nSPS) is 47.1. The molecular weight excluding hydrogens is 496 g/mol. The van der Waals surface area contributed by atoms with Crippen molar-refractivity contribution in [3.05, 3.63) is 11.6 Å². The fourth-order valence-corrected chi connectivity index (χ4v) is 9.96. The lowest BCUT2D eigenvalue weighted by molar-refractivity contribution is -0.285. The minimum absolute atomic E-state index is 0.0537. The maximum atomic E-state index is 10.9. The van der Waals surface area contributed by atoms with Gasteiger partial charge in [-0.3, -0.25) is 0 Å². The first kappa shape index (κ1) is 29.9. The third kappa shape index (κ3) is 5.51. The summed E-state index contributed by atoms with van der Waals surface area (Å²) in [5, 5.41) is 51.2. The molecule has 12 atom stereocenters. The molecule has 4 aliphatic carbocycles. The third-order valence-corrected chi connectivity index (χ3v) is 12.1. The van der Waals surface area contributed by atoms with E-state index >= 15 is 0 Å². The molecule has 5 rings (SSSR count). The first-order valence-electron chi connectivity index (χ1n) is 15.7. The van der Waals surface area contributed by atoms with Crippen molar-refractivity contribution < 1.29 is 35.0 Å². The number of aliphatic hydroxyl groups excluding tert-OH is 4. The molecule has 3 saturated carbocycles. The van der Waals surface area contributed by atoms with Gasteiger partial charge in [0.15, 0.2) is 6.29 Å². The predicted octanol–water partition coefficient (Wildman–Crippen LogP) is 3.94. The van der Waals surface area contributed by atoms with Gasteiger partial charge < -0.3 is 35.0 Å². The van der Waals surface area contributed by atoms with Gasteiger partial charge in [-0.2, -0.15) is 0 Å². The van der Waals surface area contributed by atoms with Crippen LogP contribution in [0.3, 0.4) is 0 Å². The average Bonchev–Trinajstić information content (AvgIpc) is 3.25. The molecule has 39 heavy (non-hydrogen) atoms. The highest BCUT2D eigenvalue weighted by molar-refractivity contribution is 5.27. The highest BCUT2D eigenvalue weighted by Gasteiger charge is 2.60. The van der Waals surface area contributed by atoms with Gasteiger partial charge in [0.1, 0.15) is 18.3 Å². The summed E-state index contributed by atoms with van der Waals surface area (Å²) < 4.78 is 11.6. The molecule has 7 heteroatoms. The van der Waals surface area contributed by atoms with E-state index < -0.39 is 30.2 Å². The molecule has 1 aliphatic heterocycles. The summed E-state index contributed by atoms with van der Waals surface area (Å²) in [4.78, 5) is 0. The van der Waals surface area contributed by atoms with Gasteiger partial charge in [-0.1, -0.05) is 38.3 Å². The number of aliphatic hydroxyl groups is 5. The molecule has 0 bridgehead atoms. The molecule has 0 spiro atoms. The average molecular weight is 551 g/mol. The number of ether oxygens (including phenoxy) is 2. The van der Waals surface area contributed by atoms with Crippen LogP contribution in [0.15, 0.2) is 11.6 Å². The molecule has 4 fully saturated rings. The first-order chi connectivity index (χ1) is 18.4. The van der Waals surface area contributed by atoms with Crippen LogP contribution in [0, 0.1) is 40.4 Å². The summed E-state index contributed by atoms with van der Waals surface area (Å²) in [5.41, 5.74) is 0.910. The highest BCUT2D eigenvalue weighted by Crippen LogP contribution is 2.67. The van der Waals surface area contributed by atoms with Crippen LogP contribution in [-0.2, 0) is 9.47 Å². The molecule has 224 valence electrons. The summed E-state index contributed by atoms with van der Waals surface area (Å²) in [6.45, 7) is 8.96. The van der Waals surface area contributed by atoms with Crippen molar-refractivity contribution in [1.82, 2.24) is 0 Å². The Bertz CT molecular complexity index is 884. The molecule has 0 amide bonds. The van der Waals surface area contributed by atoms with Crippen molar-refractivity contribution in [3.8, 4) is 0 Å². The van der Waals surface area contributed by atoms with Gasteiger partial charge in [0, 0.05) is 5.41 Å². The second-order valence-corrected chi connectivity index (χ2v) is 14.8. The minimum atomic E-state index is -1.27. The molecule has 5 N–H and O–H groups in total. The Morgan fingerprint density at radius 3 is 2.56 bits per heavy atom. The molecule has 0 aromatic heterocycles. The Morgan fingerprint density at radius 1 is 1.08 bits per heavy atom. The van der Waals surface area contributed by atoms with Gasteiger partial charge in [-0.05, 0) is 107 Å². The van der Waals surface area contributed by atoms with Crippen LogP contribution in [0.4, 0.5) is 0 Å². The zero-order chi connectivity index (χ0) is 28.2. The van der Waals surface area contributed by atoms with E-state index in [4.69, 9.17) is 9.47 Å². The largest absolute Gasteiger partial charge is 0.395 e. The summed E-state index contributed by atoms with van der Waals surface area (Å²) in [6.07, 6.45) is 9.27. The van der Waals surface area contributed by atoms with Gasteiger partial charge in [0.25, 0.3) is 0 Å². The summed E-state index contributed by atoms with van der Waals surface area (Å²) >= 11 is 0. The molecular formula is C32H54O7. The second kappa shape index (κ2) is 11.3. The molecule has 1 heterocycles. The monoisotopic (exact) mass is 550 g/mol. The fourth-order valence-electron chi connectivity index (χ4n) is 9.96. The van der Waals surface area contributed by atoms with Gasteiger partial charge in [0.2, 0.25) is 0 Å². The van der Waals surface area contributed by atoms with Gasteiger partial charge in [-0.15, -0.1) is 0 Å². The van der Waals surface area contributed by atoms with Crippen molar-refractivity contribution >= 4 is 0 Å². The quantitative estimate of drug-likeness (QED) is 0.291. The Morgan fingerprint density at radius 2 is 1.85 bits per heavy atom. The van der Waals surface area contributed by atoms with E-state index in [9.17, 15) is 25.5 Å². The second-order valence-electron chi connectivity index (χ2n) is 14.8. The maximum absolute atomic E-state index is 10.9. The van der Waals surface area contributed by atoms with Crippen LogP contribution in [0.2, 0.25) is 0 Å². The Balaban J connectivity index is 1.26. The van der Waals surface area contributed by atoms with Crippen molar-refractivity contribution in [1.29, 1.82) is 0 Å². The van der Waals surface area contributed by atoms with Crippen molar-refractivity contribution in [2.24, 2.45) is 40.4 Å². The van der Waals surface area contributed by atoms with Crippen molar-refractivity contribution in [3.63, 3.8) is 0 Å². The minimum Gasteiger partial charge on any atom is -0.395 e. The smallest absolute Gasteiger partial charge is 0.186 e. The summed E-state index contributed by atoms with van der Waals surface area (Å²) in [6, 6.07) is 0. The Kier molecular flexibility index (Phi) is 8.65. The van der Waals surface area contributed by atoms with E-state index in [1.165, 1.54) is 37.7 Å². The van der Waals surface area contributed by atoms with Gasteiger partial charge >= 0.3 is 0 Å². The van der Waals surface area contributed by atoms with E-state index in [0.717, 1.165) is 44.4 Å². The molecule has 7 nitrogen and oxygen atoms in total. The van der Waals surface area contributed by atoms with E-state index in [1.807, 2.05) is 13.8 Å². The lowest BCUT2D eigenvalue weighted by Crippen LogP contribution is -2.56. The predicted molar refractivity (Wildman–Crippen MR) is 149 cm³/mol. The molecule has 1 saturated heterocycles. The molecule has 0 radical (unpaired) electrons. The Labute approximate surface area is 235 Å². The molecule has 0 aromatic carbocycles. The number of rotatable bonds is 8. The highest BCUT2D eigenvalue weighted by atomic mass is 16.7. The number of hydrogen-bond donors (Lipinski definition) is 5. The van der Waals surface area contributed by atoms with Crippen molar-refractivity contribution in [2.45, 2.75) is 135 Å². The zero-order valence-electron chi connectivity index (χ0n) is 24.6. The van der Waals surface area contributed by atoms with Crippen LogP contribution in [0.25, 0.3) is 0 Å². The van der Waals surface area contributed by atoms with Crippen LogP contribution >= 0.6 is 0 Å². The topological polar surface area (TPSA) is 120 Å². The molecule has 0 aromatic rings. The SMILES string of the molecule is CC(CCCC(C)(C)O)C1CCC2C3CC=C4C[C@@H](O[C@@H]5OC[C@@H](O)C(O)C5O)CC[C@]4(CO)C3CC[C@]12C. The standard InChI is InChI=1S/C32H54O7/c1-19(6-5-13-30(2,3)37)23-9-10-24-22-8-7-20-16-21(39-29-28(36)27(35)26(34)17-38-29)11-15-32(20,18-33)25(22)12-14-31(23,24)4/h7,19,21-29,33-37H,5-6,8-18H2,1-4H3/t19?,21-,22?,23?,24?,25?,26+,27?,28?,29-,31+,32+/m0/s1.